The molecule has 17 heavy (non-hydrogen) atoms. The highest BCUT2D eigenvalue weighted by molar-refractivity contribution is 8.00. The highest BCUT2D eigenvalue weighted by Crippen LogP contribution is 2.41. The Balaban J connectivity index is 3.21. The van der Waals surface area contributed by atoms with Crippen LogP contribution in [0.1, 0.15) is 31.9 Å². The molecule has 2 N–H and O–H groups in total. The Morgan fingerprint density at radius 1 is 1.18 bits per heavy atom. The third-order valence-electron chi connectivity index (χ3n) is 2.00. The van der Waals surface area contributed by atoms with Gasteiger partial charge in [-0.1, -0.05) is 26.8 Å². The van der Waals surface area contributed by atoms with Crippen LogP contribution in [0.25, 0.3) is 0 Å². The minimum atomic E-state index is -4.33. The van der Waals surface area contributed by atoms with E-state index in [1.54, 1.807) is 6.07 Å². The number of alkyl halides is 3. The number of benzene rings is 1. The predicted octanol–water partition coefficient (Wildman–Crippen LogP) is 4.05. The lowest BCUT2D eigenvalue weighted by Crippen LogP contribution is -2.13. The average molecular weight is 263 g/mol. The van der Waals surface area contributed by atoms with Crippen molar-refractivity contribution in [1.82, 2.24) is 0 Å². The first-order chi connectivity index (χ1) is 7.63. The molecule has 0 saturated heterocycles. The van der Waals surface area contributed by atoms with E-state index in [2.05, 4.69) is 0 Å². The number of nitrogens with two attached hydrogens (primary N) is 1. The molecule has 0 atom stereocenters. The second kappa shape index (κ2) is 4.90. The number of thioether (sulfide) groups is 1. The first-order valence-corrected chi connectivity index (χ1v) is 6.04. The van der Waals surface area contributed by atoms with Gasteiger partial charge in [-0.25, -0.2) is 0 Å². The molecule has 0 saturated carbocycles. The van der Waals surface area contributed by atoms with Crippen LogP contribution in [0.15, 0.2) is 23.1 Å². The summed E-state index contributed by atoms with van der Waals surface area (Å²) in [5.74, 6) is 0. The molecule has 0 unspecified atom stereocenters. The van der Waals surface area contributed by atoms with E-state index in [0.29, 0.717) is 5.56 Å². The molecule has 1 nitrogen and oxygen atoms in total. The summed E-state index contributed by atoms with van der Waals surface area (Å²) in [5, 5.41) is 0. The van der Waals surface area contributed by atoms with Gasteiger partial charge in [0.1, 0.15) is 0 Å². The van der Waals surface area contributed by atoms with Crippen molar-refractivity contribution in [1.29, 1.82) is 0 Å². The molecule has 5 heteroatoms. The number of hydrogen-bond acceptors (Lipinski definition) is 2. The molecule has 1 aromatic carbocycles. The molecule has 96 valence electrons. The summed E-state index contributed by atoms with van der Waals surface area (Å²) in [6, 6.07) is 4.28. The molecular weight excluding hydrogens is 247 g/mol. The molecule has 0 bridgehead atoms. The molecular formula is C12H16F3NS. The lowest BCUT2D eigenvalue weighted by molar-refractivity contribution is -0.139. The van der Waals surface area contributed by atoms with Crippen molar-refractivity contribution in [3.63, 3.8) is 0 Å². The predicted molar refractivity (Wildman–Crippen MR) is 64.9 cm³/mol. The lowest BCUT2D eigenvalue weighted by Gasteiger charge is -2.21. The number of hydrogen-bond donors (Lipinski definition) is 1. The third kappa shape index (κ3) is 4.24. The maximum absolute atomic E-state index is 12.9. The Labute approximate surface area is 104 Å². The molecule has 1 aromatic rings. The smallest absolute Gasteiger partial charge is 0.326 e. The fourth-order valence-corrected chi connectivity index (χ4v) is 2.42. The van der Waals surface area contributed by atoms with E-state index in [1.807, 2.05) is 20.8 Å². The van der Waals surface area contributed by atoms with Crippen molar-refractivity contribution in [2.24, 2.45) is 5.73 Å². The van der Waals surface area contributed by atoms with Crippen LogP contribution in [0.3, 0.4) is 0 Å². The normalized spacial score (nSPS) is 12.9. The largest absolute Gasteiger partial charge is 0.417 e. The van der Waals surface area contributed by atoms with Crippen molar-refractivity contribution >= 4 is 11.8 Å². The van der Waals surface area contributed by atoms with E-state index in [-0.39, 0.29) is 16.2 Å². The minimum absolute atomic E-state index is 0.115. The molecule has 0 aliphatic heterocycles. The van der Waals surface area contributed by atoms with E-state index in [0.717, 1.165) is 6.07 Å². The van der Waals surface area contributed by atoms with Gasteiger partial charge in [0.2, 0.25) is 0 Å². The standard InChI is InChI=1S/C12H16F3NS/c1-11(2,3)17-10-5-4-8(7-16)6-9(10)12(13,14)15/h4-6H,7,16H2,1-3H3. The monoisotopic (exact) mass is 263 g/mol. The van der Waals surface area contributed by atoms with Crippen LogP contribution < -0.4 is 5.73 Å². The van der Waals surface area contributed by atoms with Crippen LogP contribution in [0.4, 0.5) is 13.2 Å². The van der Waals surface area contributed by atoms with E-state index in [9.17, 15) is 13.2 Å². The lowest BCUT2D eigenvalue weighted by atomic mass is 10.1. The first-order valence-electron chi connectivity index (χ1n) is 5.23. The van der Waals surface area contributed by atoms with Crippen LogP contribution in [0, 0.1) is 0 Å². The summed E-state index contributed by atoms with van der Waals surface area (Å²) < 4.78 is 38.4. The second-order valence-electron chi connectivity index (χ2n) is 4.75. The van der Waals surface area contributed by atoms with E-state index in [1.165, 1.54) is 17.8 Å². The van der Waals surface area contributed by atoms with E-state index in [4.69, 9.17) is 5.73 Å². The van der Waals surface area contributed by atoms with Gasteiger partial charge in [-0.2, -0.15) is 13.2 Å². The minimum Gasteiger partial charge on any atom is -0.326 e. The maximum Gasteiger partial charge on any atom is 0.417 e. The zero-order valence-corrected chi connectivity index (χ0v) is 10.9. The van der Waals surface area contributed by atoms with Gasteiger partial charge in [-0.05, 0) is 17.7 Å². The van der Waals surface area contributed by atoms with Crippen LogP contribution in [0.2, 0.25) is 0 Å². The summed E-state index contributed by atoms with van der Waals surface area (Å²) in [7, 11) is 0. The second-order valence-corrected chi connectivity index (χ2v) is 6.62. The van der Waals surface area contributed by atoms with E-state index >= 15 is 0 Å². The van der Waals surface area contributed by atoms with Gasteiger partial charge in [-0.3, -0.25) is 0 Å². The van der Waals surface area contributed by atoms with E-state index < -0.39 is 11.7 Å². The van der Waals surface area contributed by atoms with Gasteiger partial charge in [0, 0.05) is 16.2 Å². The van der Waals surface area contributed by atoms with Crippen molar-refractivity contribution in [2.45, 2.75) is 43.1 Å². The summed E-state index contributed by atoms with van der Waals surface area (Å²) >= 11 is 1.21. The van der Waals surface area contributed by atoms with Crippen LogP contribution in [0.5, 0.6) is 0 Å². The third-order valence-corrected chi connectivity index (χ3v) is 3.19. The number of halogens is 3. The number of rotatable bonds is 2. The zero-order valence-electron chi connectivity index (χ0n) is 10.1. The first kappa shape index (κ1) is 14.4. The van der Waals surface area contributed by atoms with Crippen molar-refractivity contribution in [2.75, 3.05) is 0 Å². The molecule has 0 aromatic heterocycles. The Morgan fingerprint density at radius 2 is 1.76 bits per heavy atom. The van der Waals surface area contributed by atoms with Crippen molar-refractivity contribution in [3.8, 4) is 0 Å². The highest BCUT2D eigenvalue weighted by atomic mass is 32.2. The zero-order chi connectivity index (χ0) is 13.3. The fourth-order valence-electron chi connectivity index (χ4n) is 1.34. The maximum atomic E-state index is 12.9. The molecule has 0 amide bonds. The average Bonchev–Trinajstić information content (AvgIpc) is 2.14. The van der Waals surface area contributed by atoms with Crippen LogP contribution in [-0.4, -0.2) is 4.75 Å². The summed E-state index contributed by atoms with van der Waals surface area (Å²) in [6.45, 7) is 5.77. The molecule has 0 spiro atoms. The molecule has 0 heterocycles. The van der Waals surface area contributed by atoms with Gasteiger partial charge < -0.3 is 5.73 Å². The molecule has 0 aliphatic rings. The Morgan fingerprint density at radius 3 is 2.18 bits per heavy atom. The van der Waals surface area contributed by atoms with Crippen LogP contribution >= 0.6 is 11.8 Å². The summed E-state index contributed by atoms with van der Waals surface area (Å²) in [4.78, 5) is 0.252. The SMILES string of the molecule is CC(C)(C)Sc1ccc(CN)cc1C(F)(F)F. The van der Waals surface area contributed by atoms with Crippen LogP contribution in [-0.2, 0) is 12.7 Å². The van der Waals surface area contributed by atoms with Gasteiger partial charge in [0.25, 0.3) is 0 Å². The molecule has 0 fully saturated rings. The molecule has 0 aliphatic carbocycles. The molecule has 0 radical (unpaired) electrons. The van der Waals surface area contributed by atoms with Gasteiger partial charge in [0.15, 0.2) is 0 Å². The van der Waals surface area contributed by atoms with Gasteiger partial charge >= 0.3 is 6.18 Å². The van der Waals surface area contributed by atoms with Crippen molar-refractivity contribution < 1.29 is 13.2 Å². The highest BCUT2D eigenvalue weighted by Gasteiger charge is 2.34. The van der Waals surface area contributed by atoms with Gasteiger partial charge in [0.05, 0.1) is 5.56 Å². The summed E-state index contributed by atoms with van der Waals surface area (Å²) in [6.07, 6.45) is -4.33. The summed E-state index contributed by atoms with van der Waals surface area (Å²) in [5.41, 5.74) is 5.26. The topological polar surface area (TPSA) is 26.0 Å². The Hall–Kier alpha value is -0.680. The Bertz CT molecular complexity index is 394. The Kier molecular flexibility index (Phi) is 4.15. The van der Waals surface area contributed by atoms with Crippen molar-refractivity contribution in [3.05, 3.63) is 29.3 Å². The fraction of sp³-hybridized carbons (Fsp3) is 0.500. The molecule has 1 rings (SSSR count). The van der Waals surface area contributed by atoms with Gasteiger partial charge in [-0.15, -0.1) is 11.8 Å². The quantitative estimate of drug-likeness (QED) is 0.814.